The van der Waals surface area contributed by atoms with Gasteiger partial charge in [0.15, 0.2) is 0 Å². The number of nitrogens with zero attached hydrogens (tertiary/aromatic N) is 3. The van der Waals surface area contributed by atoms with Crippen molar-refractivity contribution in [2.45, 2.75) is 20.5 Å². The topological polar surface area (TPSA) is 74.2 Å². The van der Waals surface area contributed by atoms with Crippen molar-refractivity contribution in [3.8, 4) is 5.88 Å². The van der Waals surface area contributed by atoms with Crippen molar-refractivity contribution in [2.75, 3.05) is 0 Å². The second-order valence-corrected chi connectivity index (χ2v) is 3.91. The Morgan fingerprint density at radius 1 is 1.28 bits per heavy atom. The van der Waals surface area contributed by atoms with Gasteiger partial charge in [-0.3, -0.25) is 0 Å². The van der Waals surface area contributed by atoms with Gasteiger partial charge < -0.3 is 13.7 Å². The van der Waals surface area contributed by atoms with Gasteiger partial charge in [0, 0.05) is 6.07 Å². The lowest BCUT2D eigenvalue weighted by molar-refractivity contribution is 0.289. The van der Waals surface area contributed by atoms with Crippen LogP contribution in [0, 0.1) is 13.8 Å². The summed E-state index contributed by atoms with van der Waals surface area (Å²) < 4.78 is 16.0. The summed E-state index contributed by atoms with van der Waals surface area (Å²) in [5.41, 5.74) is 3.01. The molecule has 3 aromatic heterocycles. The maximum Gasteiger partial charge on any atom is 0.261 e. The van der Waals surface area contributed by atoms with E-state index < -0.39 is 0 Å². The molecule has 0 saturated carbocycles. The average molecular weight is 245 g/mol. The number of ether oxygens (including phenoxy) is 1. The van der Waals surface area contributed by atoms with Crippen LogP contribution >= 0.6 is 0 Å². The number of hydrogen-bond donors (Lipinski definition) is 0. The predicted octanol–water partition coefficient (Wildman–Crippen LogP) is 2.41. The zero-order valence-electron chi connectivity index (χ0n) is 10.0. The van der Waals surface area contributed by atoms with Crippen LogP contribution in [-0.2, 0) is 6.61 Å². The number of hydrogen-bond acceptors (Lipinski definition) is 6. The fraction of sp³-hybridized carbons (Fsp3) is 0.250. The van der Waals surface area contributed by atoms with Gasteiger partial charge in [-0.2, -0.15) is 4.98 Å². The highest BCUT2D eigenvalue weighted by molar-refractivity contribution is 5.76. The highest BCUT2D eigenvalue weighted by Crippen LogP contribution is 2.23. The molecule has 92 valence electrons. The highest BCUT2D eigenvalue weighted by Gasteiger charge is 2.12. The third kappa shape index (κ3) is 1.71. The number of rotatable bonds is 3. The summed E-state index contributed by atoms with van der Waals surface area (Å²) in [7, 11) is 0. The lowest BCUT2D eigenvalue weighted by Gasteiger charge is -2.04. The molecule has 0 N–H and O–H groups in total. The second-order valence-electron chi connectivity index (χ2n) is 3.91. The van der Waals surface area contributed by atoms with Crippen LogP contribution in [0.2, 0.25) is 0 Å². The predicted molar refractivity (Wildman–Crippen MR) is 62.1 cm³/mol. The van der Waals surface area contributed by atoms with Crippen molar-refractivity contribution in [2.24, 2.45) is 0 Å². The normalized spacial score (nSPS) is 11.0. The van der Waals surface area contributed by atoms with Gasteiger partial charge in [-0.15, -0.1) is 0 Å². The zero-order valence-corrected chi connectivity index (χ0v) is 10.0. The van der Waals surface area contributed by atoms with Crippen molar-refractivity contribution in [1.82, 2.24) is 15.1 Å². The number of aryl methyl sites for hydroxylation is 2. The Bertz CT molecular complexity index is 667. The first-order valence-electron chi connectivity index (χ1n) is 5.48. The molecule has 0 amide bonds. The smallest absolute Gasteiger partial charge is 0.261 e. The quantitative estimate of drug-likeness (QED) is 0.705. The van der Waals surface area contributed by atoms with E-state index in [4.69, 9.17) is 13.7 Å². The summed E-state index contributed by atoms with van der Waals surface area (Å²) in [5.74, 6) is 1.17. The van der Waals surface area contributed by atoms with Gasteiger partial charge in [0.2, 0.25) is 5.58 Å². The molecule has 0 spiro atoms. The van der Waals surface area contributed by atoms with Crippen molar-refractivity contribution >= 4 is 11.1 Å². The van der Waals surface area contributed by atoms with E-state index >= 15 is 0 Å². The molecular weight excluding hydrogens is 234 g/mol. The molecule has 0 radical (unpaired) electrons. The summed E-state index contributed by atoms with van der Waals surface area (Å²) in [6, 6.07) is 1.76. The summed E-state index contributed by atoms with van der Waals surface area (Å²) in [6.45, 7) is 4.06. The SMILES string of the molecule is Cc1noc(C)c1COc1ncnc2ccoc12. The van der Waals surface area contributed by atoms with Crippen LogP contribution in [-0.4, -0.2) is 15.1 Å². The Kier molecular flexibility index (Phi) is 2.47. The molecular formula is C12H11N3O3. The van der Waals surface area contributed by atoms with E-state index in [9.17, 15) is 0 Å². The second kappa shape index (κ2) is 4.14. The fourth-order valence-electron chi connectivity index (χ4n) is 1.72. The van der Waals surface area contributed by atoms with Crippen LogP contribution in [0.1, 0.15) is 17.0 Å². The van der Waals surface area contributed by atoms with Crippen LogP contribution in [0.25, 0.3) is 11.1 Å². The van der Waals surface area contributed by atoms with E-state index in [1.165, 1.54) is 6.33 Å². The molecule has 0 saturated heterocycles. The maximum atomic E-state index is 5.64. The highest BCUT2D eigenvalue weighted by atomic mass is 16.5. The van der Waals surface area contributed by atoms with Crippen LogP contribution in [0.4, 0.5) is 0 Å². The minimum Gasteiger partial charge on any atom is -0.470 e. The van der Waals surface area contributed by atoms with E-state index in [1.54, 1.807) is 12.3 Å². The van der Waals surface area contributed by atoms with E-state index in [2.05, 4.69) is 15.1 Å². The minimum absolute atomic E-state index is 0.341. The van der Waals surface area contributed by atoms with E-state index in [0.717, 1.165) is 22.5 Å². The Labute approximate surface area is 103 Å². The summed E-state index contributed by atoms with van der Waals surface area (Å²) in [4.78, 5) is 8.13. The number of furan rings is 1. The molecule has 6 heteroatoms. The molecule has 0 bridgehead atoms. The van der Waals surface area contributed by atoms with E-state index in [-0.39, 0.29) is 0 Å². The van der Waals surface area contributed by atoms with E-state index in [0.29, 0.717) is 18.1 Å². The Morgan fingerprint density at radius 2 is 2.17 bits per heavy atom. The minimum atomic E-state index is 0.341. The Balaban J connectivity index is 1.87. The molecule has 0 fully saturated rings. The van der Waals surface area contributed by atoms with Crippen molar-refractivity contribution in [1.29, 1.82) is 0 Å². The van der Waals surface area contributed by atoms with Gasteiger partial charge >= 0.3 is 0 Å². The summed E-state index contributed by atoms with van der Waals surface area (Å²) >= 11 is 0. The van der Waals surface area contributed by atoms with Gasteiger partial charge in [0.05, 0.1) is 17.5 Å². The first-order valence-corrected chi connectivity index (χ1v) is 5.48. The maximum absolute atomic E-state index is 5.64. The molecule has 6 nitrogen and oxygen atoms in total. The van der Waals surface area contributed by atoms with Crippen molar-refractivity contribution in [3.05, 3.63) is 35.7 Å². The molecule has 0 unspecified atom stereocenters. The average Bonchev–Trinajstić information content (AvgIpc) is 2.95. The number of fused-ring (bicyclic) bond motifs is 1. The molecule has 18 heavy (non-hydrogen) atoms. The zero-order chi connectivity index (χ0) is 12.5. The molecule has 0 aromatic carbocycles. The standard InChI is InChI=1S/C12H11N3O3/c1-7-9(8(2)18-15-7)5-17-12-11-10(3-4-16-11)13-6-14-12/h3-4,6H,5H2,1-2H3. The third-order valence-electron chi connectivity index (χ3n) is 2.74. The van der Waals surface area contributed by atoms with Gasteiger partial charge in [0.25, 0.3) is 5.88 Å². The van der Waals surface area contributed by atoms with Crippen LogP contribution in [0.5, 0.6) is 5.88 Å². The van der Waals surface area contributed by atoms with Gasteiger partial charge in [-0.1, -0.05) is 5.16 Å². The first kappa shape index (κ1) is 10.8. The third-order valence-corrected chi connectivity index (χ3v) is 2.74. The van der Waals surface area contributed by atoms with Gasteiger partial charge in [-0.05, 0) is 13.8 Å². The van der Waals surface area contributed by atoms with Crippen molar-refractivity contribution in [3.63, 3.8) is 0 Å². The molecule has 0 aliphatic rings. The fourth-order valence-corrected chi connectivity index (χ4v) is 1.72. The monoisotopic (exact) mass is 245 g/mol. The van der Waals surface area contributed by atoms with E-state index in [1.807, 2.05) is 13.8 Å². The molecule has 3 rings (SSSR count). The molecule has 3 heterocycles. The largest absolute Gasteiger partial charge is 0.470 e. The first-order chi connectivity index (χ1) is 8.75. The molecule has 0 aliphatic heterocycles. The Hall–Kier alpha value is -2.37. The lowest BCUT2D eigenvalue weighted by Crippen LogP contribution is -2.00. The molecule has 0 atom stereocenters. The van der Waals surface area contributed by atoms with Gasteiger partial charge in [0.1, 0.15) is 24.2 Å². The Morgan fingerprint density at radius 3 is 2.94 bits per heavy atom. The van der Waals surface area contributed by atoms with Gasteiger partial charge in [-0.25, -0.2) is 4.98 Å². The molecule has 0 aliphatic carbocycles. The number of aromatic nitrogens is 3. The van der Waals surface area contributed by atoms with Crippen LogP contribution < -0.4 is 4.74 Å². The summed E-state index contributed by atoms with van der Waals surface area (Å²) in [6.07, 6.45) is 3.00. The van der Waals surface area contributed by atoms with Crippen molar-refractivity contribution < 1.29 is 13.7 Å². The van der Waals surface area contributed by atoms with Crippen LogP contribution in [0.15, 0.2) is 27.6 Å². The molecule has 3 aromatic rings. The summed E-state index contributed by atoms with van der Waals surface area (Å²) in [5, 5.41) is 3.87. The van der Waals surface area contributed by atoms with Crippen LogP contribution in [0.3, 0.4) is 0 Å². The lowest BCUT2D eigenvalue weighted by atomic mass is 10.2.